The molecule has 1 fully saturated rings. The average Bonchev–Trinajstić information content (AvgIpc) is 2.62. The number of aromatic nitrogens is 1. The van der Waals surface area contributed by atoms with E-state index in [9.17, 15) is 9.59 Å². The van der Waals surface area contributed by atoms with Crippen molar-refractivity contribution in [2.24, 2.45) is 0 Å². The first-order valence-electron chi connectivity index (χ1n) is 8.82. The molecule has 2 aromatic rings. The second-order valence-electron chi connectivity index (χ2n) is 6.69. The number of carbonyl (C=O) groups excluding carboxylic acids is 2. The first-order chi connectivity index (χ1) is 12.5. The van der Waals surface area contributed by atoms with E-state index in [1.165, 1.54) is 0 Å². The summed E-state index contributed by atoms with van der Waals surface area (Å²) in [7, 11) is 0. The number of hydrogen-bond acceptors (Lipinski definition) is 3. The number of nitrogens with zero attached hydrogens (tertiary/aromatic N) is 1. The lowest BCUT2D eigenvalue weighted by Crippen LogP contribution is -2.46. The fourth-order valence-electron chi connectivity index (χ4n) is 3.33. The highest BCUT2D eigenvalue weighted by Crippen LogP contribution is 2.20. The number of pyridine rings is 1. The molecule has 0 radical (unpaired) electrons. The Kier molecular flexibility index (Phi) is 5.89. The summed E-state index contributed by atoms with van der Waals surface area (Å²) in [5.41, 5.74) is 1.86. The summed E-state index contributed by atoms with van der Waals surface area (Å²) >= 11 is 5.95. The first-order valence-corrected chi connectivity index (χ1v) is 9.19. The van der Waals surface area contributed by atoms with Crippen LogP contribution in [0.4, 0.5) is 0 Å². The highest BCUT2D eigenvalue weighted by atomic mass is 35.5. The Bertz CT molecular complexity index is 809. The van der Waals surface area contributed by atoms with Gasteiger partial charge in [0.25, 0.3) is 11.8 Å². The van der Waals surface area contributed by atoms with Gasteiger partial charge in [0.1, 0.15) is 5.69 Å². The molecule has 0 aliphatic heterocycles. The standard InChI is InChI=1S/C20H22ClN3O2/c1-13-5-4-10-22-18(13)20(26)24-17-9-3-8-16(12-17)23-19(25)14-6-2-7-15(21)11-14/h2,4-7,10-11,16-17H,3,8-9,12H2,1H3,(H,23,25)(H,24,26)/t16-,17-/m0/s1. The monoisotopic (exact) mass is 371 g/mol. The summed E-state index contributed by atoms with van der Waals surface area (Å²) in [6.45, 7) is 1.87. The normalized spacial score (nSPS) is 19.6. The quantitative estimate of drug-likeness (QED) is 0.863. The van der Waals surface area contributed by atoms with Crippen LogP contribution >= 0.6 is 11.6 Å². The molecule has 2 atom stereocenters. The predicted molar refractivity (Wildman–Crippen MR) is 101 cm³/mol. The van der Waals surface area contributed by atoms with E-state index in [0.29, 0.717) is 22.7 Å². The lowest BCUT2D eigenvalue weighted by atomic mass is 9.90. The summed E-state index contributed by atoms with van der Waals surface area (Å²) < 4.78 is 0. The number of nitrogens with one attached hydrogen (secondary N) is 2. The Morgan fingerprint density at radius 3 is 2.50 bits per heavy atom. The maximum Gasteiger partial charge on any atom is 0.270 e. The van der Waals surface area contributed by atoms with E-state index < -0.39 is 0 Å². The Balaban J connectivity index is 1.58. The third-order valence-corrected chi connectivity index (χ3v) is 4.89. The highest BCUT2D eigenvalue weighted by molar-refractivity contribution is 6.30. The molecule has 2 amide bonds. The van der Waals surface area contributed by atoms with Crippen LogP contribution in [-0.4, -0.2) is 28.9 Å². The van der Waals surface area contributed by atoms with Crippen LogP contribution in [0.15, 0.2) is 42.6 Å². The molecule has 1 aliphatic rings. The van der Waals surface area contributed by atoms with Gasteiger partial charge in [0.15, 0.2) is 0 Å². The van der Waals surface area contributed by atoms with Gasteiger partial charge in [0, 0.05) is 28.9 Å². The topological polar surface area (TPSA) is 71.1 Å². The molecule has 1 aromatic carbocycles. The molecule has 5 nitrogen and oxygen atoms in total. The predicted octanol–water partition coefficient (Wildman–Crippen LogP) is 3.51. The molecule has 1 heterocycles. The SMILES string of the molecule is Cc1cccnc1C(=O)N[C@H]1CCC[C@H](NC(=O)c2cccc(Cl)c2)C1. The number of carbonyl (C=O) groups is 2. The molecule has 0 bridgehead atoms. The molecule has 1 aromatic heterocycles. The second-order valence-corrected chi connectivity index (χ2v) is 7.12. The number of halogens is 1. The Hall–Kier alpha value is -2.40. The van der Waals surface area contributed by atoms with E-state index in [-0.39, 0.29) is 23.9 Å². The van der Waals surface area contributed by atoms with Crippen LogP contribution in [0.5, 0.6) is 0 Å². The van der Waals surface area contributed by atoms with Gasteiger partial charge in [-0.2, -0.15) is 0 Å². The molecule has 136 valence electrons. The number of aryl methyl sites for hydroxylation is 1. The van der Waals surface area contributed by atoms with Gasteiger partial charge in [-0.25, -0.2) is 0 Å². The maximum atomic E-state index is 12.4. The summed E-state index contributed by atoms with van der Waals surface area (Å²) in [4.78, 5) is 29.0. The zero-order valence-corrected chi connectivity index (χ0v) is 15.4. The lowest BCUT2D eigenvalue weighted by Gasteiger charge is -2.30. The lowest BCUT2D eigenvalue weighted by molar-refractivity contribution is 0.0900. The minimum Gasteiger partial charge on any atom is -0.349 e. The fourth-order valence-corrected chi connectivity index (χ4v) is 3.52. The molecule has 3 rings (SSSR count). The molecule has 2 N–H and O–H groups in total. The third-order valence-electron chi connectivity index (χ3n) is 4.66. The van der Waals surface area contributed by atoms with Crippen molar-refractivity contribution in [1.29, 1.82) is 0 Å². The average molecular weight is 372 g/mol. The number of hydrogen-bond donors (Lipinski definition) is 2. The number of rotatable bonds is 4. The van der Waals surface area contributed by atoms with E-state index in [1.54, 1.807) is 30.5 Å². The van der Waals surface area contributed by atoms with Crippen LogP contribution < -0.4 is 10.6 Å². The largest absolute Gasteiger partial charge is 0.349 e. The molecule has 26 heavy (non-hydrogen) atoms. The molecule has 6 heteroatoms. The van der Waals surface area contributed by atoms with E-state index in [4.69, 9.17) is 11.6 Å². The fraction of sp³-hybridized carbons (Fsp3) is 0.350. The summed E-state index contributed by atoms with van der Waals surface area (Å²) in [6, 6.07) is 10.6. The van der Waals surface area contributed by atoms with Gasteiger partial charge >= 0.3 is 0 Å². The Morgan fingerprint density at radius 2 is 1.81 bits per heavy atom. The van der Waals surface area contributed by atoms with E-state index in [1.807, 2.05) is 19.1 Å². The molecular formula is C20H22ClN3O2. The summed E-state index contributed by atoms with van der Waals surface area (Å²) in [5.74, 6) is -0.292. The van der Waals surface area contributed by atoms with Crippen molar-refractivity contribution >= 4 is 23.4 Å². The van der Waals surface area contributed by atoms with Gasteiger partial charge in [-0.3, -0.25) is 14.6 Å². The van der Waals surface area contributed by atoms with Crippen molar-refractivity contribution in [3.05, 3.63) is 64.4 Å². The third kappa shape index (κ3) is 4.61. The summed E-state index contributed by atoms with van der Waals surface area (Å²) in [6.07, 6.45) is 5.09. The van der Waals surface area contributed by atoms with Crippen LogP contribution in [-0.2, 0) is 0 Å². The second kappa shape index (κ2) is 8.32. The van der Waals surface area contributed by atoms with Crippen LogP contribution in [0, 0.1) is 6.92 Å². The van der Waals surface area contributed by atoms with Crippen molar-refractivity contribution in [3.63, 3.8) is 0 Å². The van der Waals surface area contributed by atoms with E-state index >= 15 is 0 Å². The number of benzene rings is 1. The van der Waals surface area contributed by atoms with Gasteiger partial charge in [0.2, 0.25) is 0 Å². The van der Waals surface area contributed by atoms with E-state index in [2.05, 4.69) is 15.6 Å². The van der Waals surface area contributed by atoms with Crippen LogP contribution in [0.3, 0.4) is 0 Å². The summed E-state index contributed by atoms with van der Waals surface area (Å²) in [5, 5.41) is 6.65. The van der Waals surface area contributed by atoms with Gasteiger partial charge in [-0.1, -0.05) is 23.7 Å². The molecule has 1 saturated carbocycles. The van der Waals surface area contributed by atoms with Crippen LogP contribution in [0.25, 0.3) is 0 Å². The van der Waals surface area contributed by atoms with Crippen molar-refractivity contribution in [1.82, 2.24) is 15.6 Å². The van der Waals surface area contributed by atoms with Gasteiger partial charge in [-0.15, -0.1) is 0 Å². The van der Waals surface area contributed by atoms with Crippen LogP contribution in [0.1, 0.15) is 52.1 Å². The van der Waals surface area contributed by atoms with Crippen molar-refractivity contribution in [2.75, 3.05) is 0 Å². The minimum atomic E-state index is -0.157. The Morgan fingerprint density at radius 1 is 1.08 bits per heavy atom. The zero-order chi connectivity index (χ0) is 18.5. The molecule has 1 aliphatic carbocycles. The molecular weight excluding hydrogens is 350 g/mol. The van der Waals surface area contributed by atoms with Crippen LogP contribution in [0.2, 0.25) is 5.02 Å². The van der Waals surface area contributed by atoms with Gasteiger partial charge in [0.05, 0.1) is 0 Å². The minimum absolute atomic E-state index is 0.0299. The molecule has 0 saturated heterocycles. The van der Waals surface area contributed by atoms with Crippen molar-refractivity contribution < 1.29 is 9.59 Å². The molecule has 0 spiro atoms. The smallest absolute Gasteiger partial charge is 0.270 e. The van der Waals surface area contributed by atoms with Gasteiger partial charge in [-0.05, 0) is 62.4 Å². The first kappa shape index (κ1) is 18.4. The molecule has 0 unspecified atom stereocenters. The number of amides is 2. The van der Waals surface area contributed by atoms with Crippen molar-refractivity contribution in [2.45, 2.75) is 44.7 Å². The van der Waals surface area contributed by atoms with E-state index in [0.717, 1.165) is 24.8 Å². The highest BCUT2D eigenvalue weighted by Gasteiger charge is 2.25. The van der Waals surface area contributed by atoms with Crippen molar-refractivity contribution in [3.8, 4) is 0 Å². The Labute approximate surface area is 158 Å². The zero-order valence-electron chi connectivity index (χ0n) is 14.7. The maximum absolute atomic E-state index is 12.4. The van der Waals surface area contributed by atoms with Gasteiger partial charge < -0.3 is 10.6 Å².